The second-order valence-corrected chi connectivity index (χ2v) is 5.34. The summed E-state index contributed by atoms with van der Waals surface area (Å²) in [5.41, 5.74) is 1.59. The number of aromatic nitrogens is 2. The molecule has 2 aromatic rings. The van der Waals surface area contributed by atoms with Gasteiger partial charge in [-0.1, -0.05) is 0 Å². The van der Waals surface area contributed by atoms with Crippen molar-refractivity contribution in [3.8, 4) is 0 Å². The van der Waals surface area contributed by atoms with Gasteiger partial charge < -0.3 is 10.6 Å². The zero-order valence-electron chi connectivity index (χ0n) is 12.7. The van der Waals surface area contributed by atoms with E-state index in [1.54, 1.807) is 13.1 Å². The Kier molecular flexibility index (Phi) is 5.63. The van der Waals surface area contributed by atoms with Gasteiger partial charge in [0, 0.05) is 11.9 Å². The molecule has 1 aromatic heterocycles. The molecule has 1 atom stereocenters. The van der Waals surface area contributed by atoms with E-state index in [1.807, 2.05) is 0 Å². The lowest BCUT2D eigenvalue weighted by atomic mass is 10.2. The van der Waals surface area contributed by atoms with E-state index in [0.717, 1.165) is 25.2 Å². The number of nitrogens with zero attached hydrogens (tertiary/aromatic N) is 2. The minimum atomic E-state index is -0.342. The van der Waals surface area contributed by atoms with E-state index in [4.69, 9.17) is 0 Å². The minimum absolute atomic E-state index is 0. The van der Waals surface area contributed by atoms with Gasteiger partial charge >= 0.3 is 0 Å². The van der Waals surface area contributed by atoms with E-state index in [1.165, 1.54) is 24.3 Å². The summed E-state index contributed by atoms with van der Waals surface area (Å²) in [6.07, 6.45) is 3.68. The Labute approximate surface area is 140 Å². The molecule has 2 N–H and O–H groups in total. The fraction of sp³-hybridized carbons (Fsp3) is 0.312. The highest BCUT2D eigenvalue weighted by atomic mass is 35.5. The van der Waals surface area contributed by atoms with Crippen molar-refractivity contribution < 1.29 is 9.18 Å². The van der Waals surface area contributed by atoms with Gasteiger partial charge in [-0.2, -0.15) is 0 Å². The summed E-state index contributed by atoms with van der Waals surface area (Å²) in [6.45, 7) is 2.76. The Morgan fingerprint density at radius 2 is 2.09 bits per heavy atom. The number of halogens is 2. The molecule has 0 aliphatic carbocycles. The normalized spacial score (nSPS) is 16.7. The van der Waals surface area contributed by atoms with Gasteiger partial charge in [0.15, 0.2) is 0 Å². The van der Waals surface area contributed by atoms with Crippen LogP contribution in [-0.4, -0.2) is 22.4 Å². The predicted molar refractivity (Wildman–Crippen MR) is 88.3 cm³/mol. The molecule has 1 aliphatic rings. The molecule has 23 heavy (non-hydrogen) atoms. The molecule has 7 heteroatoms. The second-order valence-electron chi connectivity index (χ2n) is 5.34. The van der Waals surface area contributed by atoms with E-state index < -0.39 is 0 Å². The van der Waals surface area contributed by atoms with Crippen molar-refractivity contribution >= 4 is 24.0 Å². The van der Waals surface area contributed by atoms with Crippen molar-refractivity contribution in [3.05, 3.63) is 53.4 Å². The number of benzene rings is 1. The maximum Gasteiger partial charge on any atom is 0.259 e. The second kappa shape index (κ2) is 7.48. The third-order valence-corrected chi connectivity index (χ3v) is 3.72. The van der Waals surface area contributed by atoms with Gasteiger partial charge in [-0.25, -0.2) is 14.4 Å². The van der Waals surface area contributed by atoms with Crippen molar-refractivity contribution in [1.82, 2.24) is 15.3 Å². The highest BCUT2D eigenvalue weighted by molar-refractivity contribution is 6.04. The lowest BCUT2D eigenvalue weighted by Gasteiger charge is -2.11. The average Bonchev–Trinajstić information content (AvgIpc) is 3.03. The van der Waals surface area contributed by atoms with E-state index in [9.17, 15) is 9.18 Å². The van der Waals surface area contributed by atoms with Crippen LogP contribution < -0.4 is 10.6 Å². The van der Waals surface area contributed by atoms with Crippen LogP contribution in [0.25, 0.3) is 0 Å². The molecule has 3 rings (SSSR count). The predicted octanol–water partition coefficient (Wildman–Crippen LogP) is 3.02. The first-order valence-corrected chi connectivity index (χ1v) is 7.27. The summed E-state index contributed by atoms with van der Waals surface area (Å²) in [7, 11) is 0. The van der Waals surface area contributed by atoms with Gasteiger partial charge in [0.2, 0.25) is 0 Å². The third kappa shape index (κ3) is 4.03. The molecule has 2 heterocycles. The van der Waals surface area contributed by atoms with Crippen LogP contribution in [0.4, 0.5) is 10.1 Å². The third-order valence-electron chi connectivity index (χ3n) is 3.72. The fourth-order valence-corrected chi connectivity index (χ4v) is 2.51. The zero-order chi connectivity index (χ0) is 15.5. The number of amides is 1. The summed E-state index contributed by atoms with van der Waals surface area (Å²) in [4.78, 5) is 21.0. The Morgan fingerprint density at radius 1 is 1.35 bits per heavy atom. The van der Waals surface area contributed by atoms with Crippen LogP contribution in [0, 0.1) is 12.7 Å². The van der Waals surface area contributed by atoms with Gasteiger partial charge in [0.25, 0.3) is 5.91 Å². The minimum Gasteiger partial charge on any atom is -0.322 e. The van der Waals surface area contributed by atoms with Crippen LogP contribution in [0.2, 0.25) is 0 Å². The van der Waals surface area contributed by atoms with Gasteiger partial charge in [-0.15, -0.1) is 12.4 Å². The van der Waals surface area contributed by atoms with E-state index in [2.05, 4.69) is 20.6 Å². The first-order chi connectivity index (χ1) is 10.6. The first-order valence-electron chi connectivity index (χ1n) is 7.27. The topological polar surface area (TPSA) is 66.9 Å². The molecule has 1 amide bonds. The van der Waals surface area contributed by atoms with E-state index in [0.29, 0.717) is 16.9 Å². The quantitative estimate of drug-likeness (QED) is 0.904. The summed E-state index contributed by atoms with van der Waals surface area (Å²) >= 11 is 0. The van der Waals surface area contributed by atoms with Crippen LogP contribution in [0.3, 0.4) is 0 Å². The summed E-state index contributed by atoms with van der Waals surface area (Å²) in [5, 5.41) is 6.05. The van der Waals surface area contributed by atoms with Crippen molar-refractivity contribution in [2.24, 2.45) is 0 Å². The Balaban J connectivity index is 0.00000192. The molecule has 1 aliphatic heterocycles. The molecule has 1 fully saturated rings. The molecular weight excluding hydrogens is 319 g/mol. The lowest BCUT2D eigenvalue weighted by Crippen LogP contribution is -2.19. The van der Waals surface area contributed by atoms with Crippen molar-refractivity contribution in [2.45, 2.75) is 25.8 Å². The molecule has 1 aromatic carbocycles. The Morgan fingerprint density at radius 3 is 2.70 bits per heavy atom. The highest BCUT2D eigenvalue weighted by Gasteiger charge is 2.20. The highest BCUT2D eigenvalue weighted by Crippen LogP contribution is 2.20. The van der Waals surface area contributed by atoms with Crippen molar-refractivity contribution in [1.29, 1.82) is 0 Å². The van der Waals surface area contributed by atoms with Gasteiger partial charge in [0.1, 0.15) is 11.6 Å². The number of carbonyl (C=O) groups is 1. The van der Waals surface area contributed by atoms with Crippen LogP contribution >= 0.6 is 12.4 Å². The first kappa shape index (κ1) is 17.3. The summed E-state index contributed by atoms with van der Waals surface area (Å²) in [5.74, 6) is 0.0919. The maximum absolute atomic E-state index is 12.9. The monoisotopic (exact) mass is 336 g/mol. The Hall–Kier alpha value is -2.05. The van der Waals surface area contributed by atoms with Crippen LogP contribution in [0.5, 0.6) is 0 Å². The lowest BCUT2D eigenvalue weighted by molar-refractivity contribution is 0.102. The number of hydrogen-bond donors (Lipinski definition) is 2. The fourth-order valence-electron chi connectivity index (χ4n) is 2.51. The summed E-state index contributed by atoms with van der Waals surface area (Å²) in [6, 6.07) is 5.80. The zero-order valence-corrected chi connectivity index (χ0v) is 13.5. The molecule has 0 radical (unpaired) electrons. The smallest absolute Gasteiger partial charge is 0.259 e. The van der Waals surface area contributed by atoms with Crippen LogP contribution in [-0.2, 0) is 0 Å². The molecule has 5 nitrogen and oxygen atoms in total. The number of anilines is 1. The summed E-state index contributed by atoms with van der Waals surface area (Å²) < 4.78 is 12.9. The van der Waals surface area contributed by atoms with Crippen LogP contribution in [0.15, 0.2) is 30.5 Å². The standard InChI is InChI=1S/C16H17FN4O.ClH/c1-10-13(9-19-15(20-10)14-3-2-8-18-14)16(22)21-12-6-4-11(17)5-7-12;/h4-7,9,14,18H,2-3,8H2,1H3,(H,21,22);1H. The molecule has 122 valence electrons. The van der Waals surface area contributed by atoms with Gasteiger partial charge in [-0.05, 0) is 50.6 Å². The SMILES string of the molecule is Cc1nc(C2CCCN2)ncc1C(=O)Nc1ccc(F)cc1.Cl. The Bertz CT molecular complexity index is 687. The molecule has 0 spiro atoms. The molecule has 1 unspecified atom stereocenters. The molecular formula is C16H18ClFN4O. The van der Waals surface area contributed by atoms with Gasteiger partial charge in [-0.3, -0.25) is 4.79 Å². The number of aryl methyl sites for hydroxylation is 1. The molecule has 1 saturated heterocycles. The van der Waals surface area contributed by atoms with Crippen LogP contribution in [0.1, 0.15) is 40.8 Å². The molecule has 0 saturated carbocycles. The van der Waals surface area contributed by atoms with E-state index in [-0.39, 0.29) is 30.2 Å². The van der Waals surface area contributed by atoms with Crippen molar-refractivity contribution in [2.75, 3.05) is 11.9 Å². The molecule has 0 bridgehead atoms. The van der Waals surface area contributed by atoms with Crippen molar-refractivity contribution in [3.63, 3.8) is 0 Å². The average molecular weight is 337 g/mol. The number of hydrogen-bond acceptors (Lipinski definition) is 4. The number of carbonyl (C=O) groups excluding carboxylic acids is 1. The number of rotatable bonds is 3. The largest absolute Gasteiger partial charge is 0.322 e. The maximum atomic E-state index is 12.9. The van der Waals surface area contributed by atoms with E-state index >= 15 is 0 Å². The van der Waals surface area contributed by atoms with Gasteiger partial charge in [0.05, 0.1) is 17.3 Å². The number of nitrogens with one attached hydrogen (secondary N) is 2.